The van der Waals surface area contributed by atoms with Gasteiger partial charge in [-0.2, -0.15) is 26.0 Å². The molecule has 2 atom stereocenters. The van der Waals surface area contributed by atoms with Gasteiger partial charge in [0.2, 0.25) is 0 Å². The van der Waals surface area contributed by atoms with E-state index in [0.717, 1.165) is 0 Å². The number of hydrogen-bond donors (Lipinski definition) is 0. The number of ether oxygens (including phenoxy) is 3. The standard InChI is InChI=1S/C8H10F6O5S/c9-3-7(10,11)17-1-5-6(19-5)2-18-8(12,13)4-20(14,15)16/h5-6H,1-4H2. The zero-order chi connectivity index (χ0) is 15.6. The predicted octanol–water partition coefficient (Wildman–Crippen LogP) is 1.24. The summed E-state index contributed by atoms with van der Waals surface area (Å²) in [6, 6.07) is 0. The Morgan fingerprint density at radius 2 is 1.45 bits per heavy atom. The van der Waals surface area contributed by atoms with Crippen molar-refractivity contribution in [2.75, 3.05) is 25.6 Å². The van der Waals surface area contributed by atoms with Crippen LogP contribution < -0.4 is 0 Å². The molecule has 0 radical (unpaired) electrons. The van der Waals surface area contributed by atoms with E-state index in [1.807, 2.05) is 0 Å². The average Bonchev–Trinajstić information content (AvgIpc) is 3.00. The minimum atomic E-state index is -5.44. The average molecular weight is 332 g/mol. The van der Waals surface area contributed by atoms with Gasteiger partial charge in [-0.3, -0.25) is 0 Å². The molecule has 1 fully saturated rings. The molecule has 12 heteroatoms. The van der Waals surface area contributed by atoms with Crippen molar-refractivity contribution in [2.45, 2.75) is 24.4 Å². The molecule has 1 aliphatic rings. The summed E-state index contributed by atoms with van der Waals surface area (Å²) in [6.07, 6.45) is -10.3. The van der Waals surface area contributed by atoms with E-state index in [9.17, 15) is 34.3 Å². The Hall–Kier alpha value is -0.590. The number of halogens is 6. The van der Waals surface area contributed by atoms with Gasteiger partial charge in [-0.25, -0.2) is 4.39 Å². The van der Waals surface area contributed by atoms with Crippen molar-refractivity contribution >= 4 is 10.2 Å². The van der Waals surface area contributed by atoms with Gasteiger partial charge in [0.15, 0.2) is 12.4 Å². The second-order valence-electron chi connectivity index (χ2n) is 3.93. The number of epoxide rings is 1. The van der Waals surface area contributed by atoms with Crippen LogP contribution in [0.25, 0.3) is 0 Å². The molecule has 5 nitrogen and oxygen atoms in total. The van der Waals surface area contributed by atoms with Crippen LogP contribution in [0.2, 0.25) is 0 Å². The number of rotatable bonds is 9. The summed E-state index contributed by atoms with van der Waals surface area (Å²) >= 11 is 0. The molecule has 1 heterocycles. The monoisotopic (exact) mass is 332 g/mol. The van der Waals surface area contributed by atoms with Crippen molar-refractivity contribution in [2.24, 2.45) is 0 Å². The smallest absolute Gasteiger partial charge is 0.365 e. The summed E-state index contributed by atoms with van der Waals surface area (Å²) in [5.41, 5.74) is 0. The number of alkyl halides is 5. The van der Waals surface area contributed by atoms with Crippen molar-refractivity contribution < 1.29 is 48.5 Å². The zero-order valence-electron chi connectivity index (χ0n) is 9.70. The third kappa shape index (κ3) is 6.72. The van der Waals surface area contributed by atoms with Crippen LogP contribution in [0.1, 0.15) is 0 Å². The van der Waals surface area contributed by atoms with Crippen molar-refractivity contribution in [3.63, 3.8) is 0 Å². The van der Waals surface area contributed by atoms with Crippen LogP contribution in [-0.4, -0.2) is 58.5 Å². The molecule has 0 aliphatic carbocycles. The van der Waals surface area contributed by atoms with Crippen molar-refractivity contribution in [3.8, 4) is 0 Å². The molecule has 0 bridgehead atoms. The summed E-state index contributed by atoms with van der Waals surface area (Å²) in [6.45, 7) is -3.65. The quantitative estimate of drug-likeness (QED) is 0.361. The van der Waals surface area contributed by atoms with E-state index >= 15 is 0 Å². The van der Waals surface area contributed by atoms with Crippen molar-refractivity contribution in [1.82, 2.24) is 0 Å². The Bertz CT molecular complexity index is 427. The predicted molar refractivity (Wildman–Crippen MR) is 51.3 cm³/mol. The van der Waals surface area contributed by atoms with Gasteiger partial charge in [0, 0.05) is 0 Å². The van der Waals surface area contributed by atoms with Crippen LogP contribution in [0.15, 0.2) is 0 Å². The fourth-order valence-corrected chi connectivity index (χ4v) is 1.65. The molecule has 1 rings (SSSR count). The van der Waals surface area contributed by atoms with Gasteiger partial charge < -0.3 is 14.2 Å². The summed E-state index contributed by atoms with van der Waals surface area (Å²) in [5.74, 6) is -2.16. The van der Waals surface area contributed by atoms with Gasteiger partial charge >= 0.3 is 22.4 Å². The summed E-state index contributed by atoms with van der Waals surface area (Å²) < 4.78 is 106. The normalized spacial score (nSPS) is 23.9. The lowest BCUT2D eigenvalue weighted by molar-refractivity contribution is -0.247. The molecule has 0 spiro atoms. The molecular weight excluding hydrogens is 322 g/mol. The zero-order valence-corrected chi connectivity index (χ0v) is 10.5. The van der Waals surface area contributed by atoms with Crippen LogP contribution in [0.3, 0.4) is 0 Å². The summed E-state index contributed by atoms with van der Waals surface area (Å²) in [5, 5.41) is 0. The Morgan fingerprint density at radius 3 is 1.85 bits per heavy atom. The third-order valence-electron chi connectivity index (χ3n) is 2.10. The molecule has 0 N–H and O–H groups in total. The van der Waals surface area contributed by atoms with Gasteiger partial charge in [-0.05, 0) is 0 Å². The van der Waals surface area contributed by atoms with Crippen molar-refractivity contribution in [1.29, 1.82) is 0 Å². The van der Waals surface area contributed by atoms with Gasteiger partial charge in [-0.1, -0.05) is 0 Å². The molecule has 0 saturated carbocycles. The van der Waals surface area contributed by atoms with E-state index in [4.69, 9.17) is 0 Å². The highest BCUT2D eigenvalue weighted by molar-refractivity contribution is 7.86. The van der Waals surface area contributed by atoms with E-state index in [1.54, 1.807) is 0 Å². The highest BCUT2D eigenvalue weighted by Gasteiger charge is 2.45. The van der Waals surface area contributed by atoms with Gasteiger partial charge in [0.1, 0.15) is 12.2 Å². The lowest BCUT2D eigenvalue weighted by Gasteiger charge is -2.14. The first-order valence-corrected chi connectivity index (χ1v) is 6.67. The molecule has 20 heavy (non-hydrogen) atoms. The molecule has 120 valence electrons. The van der Waals surface area contributed by atoms with Crippen LogP contribution in [-0.2, 0) is 24.4 Å². The van der Waals surface area contributed by atoms with E-state index in [-0.39, 0.29) is 0 Å². The maximum absolute atomic E-state index is 12.8. The molecule has 0 aromatic rings. The number of hydrogen-bond acceptors (Lipinski definition) is 5. The van der Waals surface area contributed by atoms with E-state index in [0.29, 0.717) is 0 Å². The minimum Gasteiger partial charge on any atom is -0.365 e. The van der Waals surface area contributed by atoms with Crippen LogP contribution in [0.5, 0.6) is 0 Å². The van der Waals surface area contributed by atoms with Crippen LogP contribution >= 0.6 is 0 Å². The minimum absolute atomic E-state index is 0.752. The lowest BCUT2D eigenvalue weighted by atomic mass is 10.3. The van der Waals surface area contributed by atoms with E-state index < -0.39 is 60.3 Å². The fraction of sp³-hybridized carbons (Fsp3) is 1.00. The second-order valence-corrected chi connectivity index (χ2v) is 5.29. The van der Waals surface area contributed by atoms with E-state index in [1.165, 1.54) is 0 Å². The Labute approximate surface area is 110 Å². The maximum atomic E-state index is 12.8. The summed E-state index contributed by atoms with van der Waals surface area (Å²) in [4.78, 5) is 0. The van der Waals surface area contributed by atoms with E-state index in [2.05, 4.69) is 14.2 Å². The Morgan fingerprint density at radius 1 is 1.00 bits per heavy atom. The fourth-order valence-electron chi connectivity index (χ4n) is 1.16. The highest BCUT2D eigenvalue weighted by atomic mass is 32.3. The van der Waals surface area contributed by atoms with Gasteiger partial charge in [0.25, 0.3) is 0 Å². The van der Waals surface area contributed by atoms with Gasteiger partial charge in [-0.15, -0.1) is 3.89 Å². The Balaban J connectivity index is 2.26. The molecule has 0 amide bonds. The largest absolute Gasteiger partial charge is 0.384 e. The third-order valence-corrected chi connectivity index (χ3v) is 2.78. The summed E-state index contributed by atoms with van der Waals surface area (Å²) in [7, 11) is -5.44. The maximum Gasteiger partial charge on any atom is 0.384 e. The second kappa shape index (κ2) is 6.03. The first-order chi connectivity index (χ1) is 8.94. The molecule has 0 aromatic carbocycles. The van der Waals surface area contributed by atoms with Crippen molar-refractivity contribution in [3.05, 3.63) is 0 Å². The molecular formula is C8H10F6O5S. The molecule has 2 unspecified atom stereocenters. The van der Waals surface area contributed by atoms with Crippen LogP contribution in [0.4, 0.5) is 25.8 Å². The lowest BCUT2D eigenvalue weighted by Crippen LogP contribution is -2.31. The molecule has 0 aromatic heterocycles. The Kier molecular flexibility index (Phi) is 5.27. The first-order valence-electron chi connectivity index (χ1n) is 5.11. The van der Waals surface area contributed by atoms with Gasteiger partial charge in [0.05, 0.1) is 13.2 Å². The SMILES string of the molecule is O=S(=O)(F)CC(F)(F)OCC1OC1COC(F)(F)CF. The van der Waals surface area contributed by atoms with Crippen LogP contribution in [0, 0.1) is 0 Å². The topological polar surface area (TPSA) is 65.1 Å². The molecule has 1 saturated heterocycles. The molecule has 1 aliphatic heterocycles. The first kappa shape index (κ1) is 17.5. The highest BCUT2D eigenvalue weighted by Crippen LogP contribution is 2.28.